The molecule has 7 nitrogen and oxygen atoms in total. The van der Waals surface area contributed by atoms with Gasteiger partial charge in [-0.05, 0) is 43.4 Å². The van der Waals surface area contributed by atoms with Crippen LogP contribution in [-0.2, 0) is 19.1 Å². The highest BCUT2D eigenvalue weighted by Crippen LogP contribution is 2.46. The standard InChI is InChI=1S/C29H39NO6/c1-17-8-6-12-29(5)24(36-29)15-22(20-11-10-19-9-7-13-30-21(19)14-20)35-25(32)16-23(31)28(3,4)27(34)18(2)26(17)33/h7,9-11,13-14,17-18,22-24,26,31,33H,6,8,12,15-16H2,1-5H3/t17-,18+,22?,23-,24-,26?,29+/m0/s1. The molecule has 7 heteroatoms. The third kappa shape index (κ3) is 5.48. The van der Waals surface area contributed by atoms with Crippen molar-refractivity contribution in [3.05, 3.63) is 42.1 Å². The molecule has 0 aliphatic carbocycles. The number of fused-ring (bicyclic) bond motifs is 2. The number of carbonyl (C=O) groups is 2. The van der Waals surface area contributed by atoms with Gasteiger partial charge in [-0.1, -0.05) is 52.3 Å². The van der Waals surface area contributed by atoms with Crippen LogP contribution >= 0.6 is 0 Å². The Kier molecular flexibility index (Phi) is 7.56. The van der Waals surface area contributed by atoms with E-state index in [1.54, 1.807) is 27.0 Å². The Morgan fingerprint density at radius 3 is 2.58 bits per heavy atom. The van der Waals surface area contributed by atoms with Gasteiger partial charge < -0.3 is 19.7 Å². The highest BCUT2D eigenvalue weighted by atomic mass is 16.6. The van der Waals surface area contributed by atoms with Crippen LogP contribution in [0.15, 0.2) is 36.5 Å². The number of ether oxygens (including phenoxy) is 2. The van der Waals surface area contributed by atoms with Gasteiger partial charge in [0.25, 0.3) is 0 Å². The van der Waals surface area contributed by atoms with E-state index in [4.69, 9.17) is 9.47 Å². The molecule has 2 saturated heterocycles. The predicted octanol–water partition coefficient (Wildman–Crippen LogP) is 4.53. The number of cyclic esters (lactones) is 1. The molecule has 2 unspecified atom stereocenters. The zero-order valence-corrected chi connectivity index (χ0v) is 21.9. The zero-order chi connectivity index (χ0) is 26.3. The van der Waals surface area contributed by atoms with E-state index in [1.807, 2.05) is 37.3 Å². The number of pyridine rings is 1. The topological polar surface area (TPSA) is 109 Å². The van der Waals surface area contributed by atoms with E-state index in [-0.39, 0.29) is 29.8 Å². The summed E-state index contributed by atoms with van der Waals surface area (Å²) in [5, 5.41) is 22.8. The van der Waals surface area contributed by atoms with Crippen LogP contribution in [0, 0.1) is 17.3 Å². The fourth-order valence-corrected chi connectivity index (χ4v) is 5.50. The lowest BCUT2D eigenvalue weighted by Crippen LogP contribution is -2.45. The Balaban J connectivity index is 1.62. The first-order chi connectivity index (χ1) is 16.9. The lowest BCUT2D eigenvalue weighted by atomic mass is 9.73. The van der Waals surface area contributed by atoms with Gasteiger partial charge in [0.05, 0.1) is 41.3 Å². The molecule has 2 N–H and O–H groups in total. The number of nitrogens with zero attached hydrogens (tertiary/aromatic N) is 1. The maximum atomic E-state index is 13.3. The molecule has 2 aromatic rings. The number of benzene rings is 1. The quantitative estimate of drug-likeness (QED) is 0.440. The normalized spacial score (nSPS) is 36.2. The first-order valence-corrected chi connectivity index (χ1v) is 13.0. The Morgan fingerprint density at radius 1 is 1.08 bits per heavy atom. The molecule has 196 valence electrons. The van der Waals surface area contributed by atoms with Crippen LogP contribution in [0.3, 0.4) is 0 Å². The van der Waals surface area contributed by atoms with Crippen molar-refractivity contribution in [2.45, 2.75) is 96.7 Å². The fourth-order valence-electron chi connectivity index (χ4n) is 5.50. The molecule has 2 aliphatic heterocycles. The van der Waals surface area contributed by atoms with E-state index < -0.39 is 35.6 Å². The smallest absolute Gasteiger partial charge is 0.309 e. The molecule has 0 saturated carbocycles. The van der Waals surface area contributed by atoms with Crippen molar-refractivity contribution in [1.29, 1.82) is 0 Å². The molecule has 0 spiro atoms. The van der Waals surface area contributed by atoms with Crippen molar-refractivity contribution in [3.8, 4) is 0 Å². The van der Waals surface area contributed by atoms with Crippen molar-refractivity contribution in [3.63, 3.8) is 0 Å². The molecule has 4 rings (SSSR count). The summed E-state index contributed by atoms with van der Waals surface area (Å²) in [6.07, 6.45) is 1.66. The average Bonchev–Trinajstić information content (AvgIpc) is 3.49. The minimum absolute atomic E-state index is 0.0651. The Bertz CT molecular complexity index is 1120. The molecule has 0 bridgehead atoms. The molecule has 0 amide bonds. The monoisotopic (exact) mass is 497 g/mol. The lowest BCUT2D eigenvalue weighted by Gasteiger charge is -2.34. The van der Waals surface area contributed by atoms with Gasteiger partial charge >= 0.3 is 5.97 Å². The second-order valence-electron chi connectivity index (χ2n) is 11.5. The number of epoxide rings is 1. The van der Waals surface area contributed by atoms with Crippen molar-refractivity contribution in [2.24, 2.45) is 17.3 Å². The minimum Gasteiger partial charge on any atom is -0.457 e. The maximum Gasteiger partial charge on any atom is 0.309 e. The number of aliphatic hydroxyl groups excluding tert-OH is 2. The maximum absolute atomic E-state index is 13.3. The molecule has 2 fully saturated rings. The van der Waals surface area contributed by atoms with Crippen LogP contribution in [-0.4, -0.2) is 50.9 Å². The molecule has 0 radical (unpaired) electrons. The number of esters is 1. The molecular weight excluding hydrogens is 458 g/mol. The van der Waals surface area contributed by atoms with Gasteiger partial charge in [0, 0.05) is 23.9 Å². The first kappa shape index (κ1) is 26.7. The third-order valence-electron chi connectivity index (χ3n) is 8.41. The van der Waals surface area contributed by atoms with E-state index in [9.17, 15) is 19.8 Å². The van der Waals surface area contributed by atoms with Gasteiger partial charge in [-0.25, -0.2) is 0 Å². The summed E-state index contributed by atoms with van der Waals surface area (Å²) in [5.74, 6) is -1.57. The van der Waals surface area contributed by atoms with Crippen LogP contribution in [0.25, 0.3) is 10.9 Å². The van der Waals surface area contributed by atoms with E-state index in [1.165, 1.54) is 0 Å². The molecular formula is C29H39NO6. The van der Waals surface area contributed by atoms with Crippen LogP contribution in [0.2, 0.25) is 0 Å². The zero-order valence-electron chi connectivity index (χ0n) is 21.9. The molecule has 36 heavy (non-hydrogen) atoms. The summed E-state index contributed by atoms with van der Waals surface area (Å²) in [6, 6.07) is 9.69. The predicted molar refractivity (Wildman–Crippen MR) is 136 cm³/mol. The molecule has 1 aromatic heterocycles. The van der Waals surface area contributed by atoms with E-state index in [0.29, 0.717) is 6.42 Å². The van der Waals surface area contributed by atoms with Gasteiger partial charge in [-0.2, -0.15) is 0 Å². The van der Waals surface area contributed by atoms with Crippen molar-refractivity contribution >= 4 is 22.7 Å². The van der Waals surface area contributed by atoms with Crippen molar-refractivity contribution in [1.82, 2.24) is 4.98 Å². The van der Waals surface area contributed by atoms with Gasteiger partial charge in [0.15, 0.2) is 0 Å². The van der Waals surface area contributed by atoms with E-state index >= 15 is 0 Å². The van der Waals surface area contributed by atoms with Crippen molar-refractivity contribution < 1.29 is 29.3 Å². The minimum atomic E-state index is -1.24. The summed E-state index contributed by atoms with van der Waals surface area (Å²) in [7, 11) is 0. The fraction of sp³-hybridized carbons (Fsp3) is 0.621. The second-order valence-corrected chi connectivity index (χ2v) is 11.5. The average molecular weight is 498 g/mol. The molecule has 7 atom stereocenters. The number of carbonyl (C=O) groups excluding carboxylic acids is 2. The highest BCUT2D eigenvalue weighted by molar-refractivity contribution is 5.88. The molecule has 2 aliphatic rings. The third-order valence-corrected chi connectivity index (χ3v) is 8.41. The number of aromatic nitrogens is 1. The molecule has 3 heterocycles. The Labute approximate surface area is 213 Å². The van der Waals surface area contributed by atoms with Crippen molar-refractivity contribution in [2.75, 3.05) is 0 Å². The van der Waals surface area contributed by atoms with Crippen LogP contribution < -0.4 is 0 Å². The highest BCUT2D eigenvalue weighted by Gasteiger charge is 2.53. The van der Waals surface area contributed by atoms with E-state index in [2.05, 4.69) is 11.9 Å². The summed E-state index contributed by atoms with van der Waals surface area (Å²) in [6.45, 7) is 8.97. The number of ketones is 1. The summed E-state index contributed by atoms with van der Waals surface area (Å²) in [5.41, 5.74) is 0.107. The summed E-state index contributed by atoms with van der Waals surface area (Å²) in [4.78, 5) is 30.7. The summed E-state index contributed by atoms with van der Waals surface area (Å²) >= 11 is 0. The van der Waals surface area contributed by atoms with Crippen LogP contribution in [0.4, 0.5) is 0 Å². The largest absolute Gasteiger partial charge is 0.457 e. The number of Topliss-reactive ketones (excluding diaryl/α,β-unsaturated/α-hetero) is 1. The van der Waals surface area contributed by atoms with Gasteiger partial charge in [0.2, 0.25) is 0 Å². The number of aliphatic hydroxyl groups is 2. The van der Waals surface area contributed by atoms with Gasteiger partial charge in [0.1, 0.15) is 11.9 Å². The lowest BCUT2D eigenvalue weighted by molar-refractivity contribution is -0.156. The van der Waals surface area contributed by atoms with Crippen LogP contribution in [0.1, 0.15) is 78.4 Å². The summed E-state index contributed by atoms with van der Waals surface area (Å²) < 4.78 is 12.0. The number of hydrogen-bond donors (Lipinski definition) is 2. The second kappa shape index (κ2) is 10.2. The van der Waals surface area contributed by atoms with Gasteiger partial charge in [-0.3, -0.25) is 14.6 Å². The SMILES string of the molecule is C[C@H]1CCC[C@@]2(C)O[C@H]2CC(c2ccc3cccnc3c2)OC(=O)C[C@H](O)C(C)(C)C(=O)[C@H](C)C1O. The molecule has 1 aromatic carbocycles. The van der Waals surface area contributed by atoms with E-state index in [0.717, 1.165) is 35.7 Å². The first-order valence-electron chi connectivity index (χ1n) is 13.0. The Hall–Kier alpha value is -2.35. The van der Waals surface area contributed by atoms with Crippen LogP contribution in [0.5, 0.6) is 0 Å². The Morgan fingerprint density at radius 2 is 1.83 bits per heavy atom. The number of hydrogen-bond acceptors (Lipinski definition) is 7. The number of rotatable bonds is 1. The van der Waals surface area contributed by atoms with Gasteiger partial charge in [-0.15, -0.1) is 0 Å².